The minimum absolute atomic E-state index is 0.148. The molecule has 0 radical (unpaired) electrons. The smallest absolute Gasteiger partial charge is 0.257 e. The Labute approximate surface area is 143 Å². The fourth-order valence-electron chi connectivity index (χ4n) is 4.02. The van der Waals surface area contributed by atoms with E-state index in [4.69, 9.17) is 0 Å². The number of nitrogens with one attached hydrogen (secondary N) is 1. The second kappa shape index (κ2) is 6.93. The molecule has 4 rings (SSSR count). The van der Waals surface area contributed by atoms with Gasteiger partial charge in [0.2, 0.25) is 0 Å². The van der Waals surface area contributed by atoms with E-state index in [2.05, 4.69) is 22.5 Å². The van der Waals surface area contributed by atoms with Crippen LogP contribution in [0.4, 0.5) is 0 Å². The number of amides is 1. The molecular formula is C19H26N4O. The number of carbonyl (C=O) groups excluding carboxylic acids is 1. The Morgan fingerprint density at radius 3 is 2.62 bits per heavy atom. The molecule has 0 aliphatic carbocycles. The molecule has 2 aliphatic rings. The van der Waals surface area contributed by atoms with Crippen molar-refractivity contribution in [1.29, 1.82) is 0 Å². The zero-order valence-corrected chi connectivity index (χ0v) is 14.2. The van der Waals surface area contributed by atoms with Crippen LogP contribution in [0.15, 0.2) is 24.5 Å². The number of rotatable bonds is 2. The van der Waals surface area contributed by atoms with Gasteiger partial charge in [0.15, 0.2) is 0 Å². The van der Waals surface area contributed by atoms with E-state index in [1.54, 1.807) is 6.20 Å². The molecule has 0 atom stereocenters. The zero-order valence-electron chi connectivity index (χ0n) is 14.2. The lowest BCUT2D eigenvalue weighted by Gasteiger charge is -2.23. The van der Waals surface area contributed by atoms with Crippen molar-refractivity contribution in [2.24, 2.45) is 0 Å². The Morgan fingerprint density at radius 1 is 1.12 bits per heavy atom. The maximum atomic E-state index is 13.0. The third-order valence-corrected chi connectivity index (χ3v) is 5.48. The highest BCUT2D eigenvalue weighted by atomic mass is 16.2. The summed E-state index contributed by atoms with van der Waals surface area (Å²) in [7, 11) is 0. The van der Waals surface area contributed by atoms with Crippen molar-refractivity contribution in [3.8, 4) is 0 Å². The van der Waals surface area contributed by atoms with Crippen LogP contribution in [-0.4, -0.2) is 46.6 Å². The first kappa shape index (κ1) is 15.6. The lowest BCUT2D eigenvalue weighted by molar-refractivity contribution is 0.0763. The summed E-state index contributed by atoms with van der Waals surface area (Å²) in [5, 5.41) is 7.82. The Hall–Kier alpha value is -1.88. The van der Waals surface area contributed by atoms with E-state index in [1.807, 2.05) is 15.6 Å². The highest BCUT2D eigenvalue weighted by molar-refractivity contribution is 6.00. The number of hydrogen-bond donors (Lipinski definition) is 1. The van der Waals surface area contributed by atoms with E-state index < -0.39 is 0 Å². The van der Waals surface area contributed by atoms with Crippen LogP contribution in [0.25, 0.3) is 5.52 Å². The largest absolute Gasteiger partial charge is 0.339 e. The summed E-state index contributed by atoms with van der Waals surface area (Å²) < 4.78 is 1.84. The first-order chi connectivity index (χ1) is 11.8. The van der Waals surface area contributed by atoms with Crippen molar-refractivity contribution in [3.05, 3.63) is 35.7 Å². The minimum Gasteiger partial charge on any atom is -0.339 e. The molecule has 2 aromatic heterocycles. The number of nitrogens with zero attached hydrogens (tertiary/aromatic N) is 3. The average Bonchev–Trinajstić information content (AvgIpc) is 2.86. The Balaban J connectivity index is 1.63. The van der Waals surface area contributed by atoms with Crippen LogP contribution < -0.4 is 5.32 Å². The minimum atomic E-state index is 0.148. The molecule has 5 heteroatoms. The summed E-state index contributed by atoms with van der Waals surface area (Å²) in [5.41, 5.74) is 3.06. The van der Waals surface area contributed by atoms with Crippen LogP contribution in [0.2, 0.25) is 0 Å². The van der Waals surface area contributed by atoms with Gasteiger partial charge in [0.05, 0.1) is 17.3 Å². The van der Waals surface area contributed by atoms with Crippen LogP contribution in [0.3, 0.4) is 0 Å². The van der Waals surface area contributed by atoms with Crippen molar-refractivity contribution in [2.45, 2.75) is 44.4 Å². The van der Waals surface area contributed by atoms with E-state index in [-0.39, 0.29) is 5.91 Å². The molecule has 2 fully saturated rings. The molecule has 0 unspecified atom stereocenters. The lowest BCUT2D eigenvalue weighted by atomic mass is 9.90. The Bertz CT molecular complexity index is 709. The van der Waals surface area contributed by atoms with Crippen LogP contribution in [0.1, 0.15) is 60.4 Å². The second-order valence-corrected chi connectivity index (χ2v) is 7.08. The number of piperidine rings is 1. The highest BCUT2D eigenvalue weighted by Gasteiger charge is 2.22. The lowest BCUT2D eigenvalue weighted by Crippen LogP contribution is -2.31. The average molecular weight is 326 g/mol. The van der Waals surface area contributed by atoms with Gasteiger partial charge in [0.1, 0.15) is 0 Å². The predicted molar refractivity (Wildman–Crippen MR) is 94.4 cm³/mol. The third-order valence-electron chi connectivity index (χ3n) is 5.48. The van der Waals surface area contributed by atoms with Crippen LogP contribution >= 0.6 is 0 Å². The molecule has 0 saturated carbocycles. The van der Waals surface area contributed by atoms with Gasteiger partial charge in [-0.1, -0.05) is 12.8 Å². The number of hydrogen-bond acceptors (Lipinski definition) is 3. The number of fused-ring (bicyclic) bond motifs is 1. The van der Waals surface area contributed by atoms with E-state index in [1.165, 1.54) is 31.2 Å². The van der Waals surface area contributed by atoms with Gasteiger partial charge in [0, 0.05) is 19.3 Å². The van der Waals surface area contributed by atoms with Crippen molar-refractivity contribution in [1.82, 2.24) is 19.8 Å². The molecule has 1 N–H and O–H groups in total. The second-order valence-electron chi connectivity index (χ2n) is 7.08. The molecule has 1 amide bonds. The number of carbonyl (C=O) groups is 1. The van der Waals surface area contributed by atoms with Crippen molar-refractivity contribution in [2.75, 3.05) is 26.2 Å². The van der Waals surface area contributed by atoms with Gasteiger partial charge in [-0.15, -0.1) is 0 Å². The number of likely N-dealkylation sites (tertiary alicyclic amines) is 1. The molecule has 0 bridgehead atoms. The maximum absolute atomic E-state index is 13.0. The highest BCUT2D eigenvalue weighted by Crippen LogP contribution is 2.27. The topological polar surface area (TPSA) is 49.6 Å². The SMILES string of the molecule is O=C(c1cnn2ccc(C3CCNCC3)cc12)N1CCCCCC1. The molecule has 24 heavy (non-hydrogen) atoms. The summed E-state index contributed by atoms with van der Waals surface area (Å²) in [6.07, 6.45) is 10.8. The van der Waals surface area contributed by atoms with Gasteiger partial charge in [-0.05, 0) is 62.4 Å². The molecule has 0 spiro atoms. The van der Waals surface area contributed by atoms with Crippen LogP contribution in [0.5, 0.6) is 0 Å². The zero-order chi connectivity index (χ0) is 16.4. The first-order valence-corrected chi connectivity index (χ1v) is 9.30. The van der Waals surface area contributed by atoms with Gasteiger partial charge < -0.3 is 10.2 Å². The van der Waals surface area contributed by atoms with Crippen molar-refractivity contribution < 1.29 is 4.79 Å². The Kier molecular flexibility index (Phi) is 4.52. The third kappa shape index (κ3) is 3.05. The summed E-state index contributed by atoms with van der Waals surface area (Å²) in [4.78, 5) is 15.0. The normalized spacial score (nSPS) is 20.2. The van der Waals surface area contributed by atoms with Crippen molar-refractivity contribution >= 4 is 11.4 Å². The molecule has 0 aromatic carbocycles. The quantitative estimate of drug-likeness (QED) is 0.923. The molecule has 128 valence electrons. The Morgan fingerprint density at radius 2 is 1.88 bits per heavy atom. The first-order valence-electron chi connectivity index (χ1n) is 9.30. The fraction of sp³-hybridized carbons (Fsp3) is 0.579. The molecular weight excluding hydrogens is 300 g/mol. The molecule has 5 nitrogen and oxygen atoms in total. The van der Waals surface area contributed by atoms with Gasteiger partial charge in [0.25, 0.3) is 5.91 Å². The molecule has 4 heterocycles. The van der Waals surface area contributed by atoms with E-state index in [9.17, 15) is 4.79 Å². The van der Waals surface area contributed by atoms with Gasteiger partial charge in [-0.3, -0.25) is 4.79 Å². The van der Waals surface area contributed by atoms with Gasteiger partial charge >= 0.3 is 0 Å². The monoisotopic (exact) mass is 326 g/mol. The standard InChI is InChI=1S/C19H26N4O/c24-19(22-10-3-1-2-4-11-22)17-14-21-23-12-7-16(13-18(17)23)15-5-8-20-9-6-15/h7,12-15,20H,1-6,8-11H2. The number of pyridine rings is 1. The van der Waals surface area contributed by atoms with E-state index in [0.717, 1.165) is 50.1 Å². The molecule has 2 saturated heterocycles. The summed E-state index contributed by atoms with van der Waals surface area (Å²) in [6.45, 7) is 3.91. The number of aromatic nitrogens is 2. The van der Waals surface area contributed by atoms with E-state index >= 15 is 0 Å². The maximum Gasteiger partial charge on any atom is 0.257 e. The predicted octanol–water partition coefficient (Wildman–Crippen LogP) is 2.82. The fourth-order valence-corrected chi connectivity index (χ4v) is 4.02. The summed E-state index contributed by atoms with van der Waals surface area (Å²) in [5.74, 6) is 0.738. The van der Waals surface area contributed by atoms with Crippen molar-refractivity contribution in [3.63, 3.8) is 0 Å². The molecule has 2 aromatic rings. The van der Waals surface area contributed by atoms with Crippen LogP contribution in [-0.2, 0) is 0 Å². The summed E-state index contributed by atoms with van der Waals surface area (Å²) in [6, 6.07) is 4.35. The van der Waals surface area contributed by atoms with E-state index in [0.29, 0.717) is 5.92 Å². The van der Waals surface area contributed by atoms with Crippen LogP contribution in [0, 0.1) is 0 Å². The molecule has 2 aliphatic heterocycles. The van der Waals surface area contributed by atoms with Gasteiger partial charge in [-0.2, -0.15) is 5.10 Å². The van der Waals surface area contributed by atoms with Gasteiger partial charge in [-0.25, -0.2) is 4.52 Å². The summed E-state index contributed by atoms with van der Waals surface area (Å²) >= 11 is 0.